The molecule has 0 aliphatic rings. The van der Waals surface area contributed by atoms with E-state index in [0.717, 1.165) is 0 Å². The molecule has 9 heteroatoms. The number of esters is 1. The van der Waals surface area contributed by atoms with Crippen molar-refractivity contribution < 1.29 is 28.7 Å². The highest BCUT2D eigenvalue weighted by atomic mass is 16.5. The molecule has 9 nitrogen and oxygen atoms in total. The highest BCUT2D eigenvalue weighted by Crippen LogP contribution is 2.12. The van der Waals surface area contributed by atoms with Gasteiger partial charge in [0.1, 0.15) is 12.3 Å². The minimum Gasteiger partial charge on any atom is -0.494 e. The van der Waals surface area contributed by atoms with Crippen LogP contribution in [0.25, 0.3) is 0 Å². The Kier molecular flexibility index (Phi) is 8.07. The second-order valence-corrected chi connectivity index (χ2v) is 5.65. The number of benzene rings is 1. The predicted octanol–water partition coefficient (Wildman–Crippen LogP) is 0.578. The fraction of sp³-hybridized carbons (Fsp3) is 0.412. The van der Waals surface area contributed by atoms with Gasteiger partial charge in [-0.1, -0.05) is 13.8 Å². The van der Waals surface area contributed by atoms with Crippen molar-refractivity contribution in [2.45, 2.75) is 26.9 Å². The number of imide groups is 1. The van der Waals surface area contributed by atoms with Crippen LogP contribution in [0.15, 0.2) is 24.3 Å². The van der Waals surface area contributed by atoms with E-state index in [1.165, 1.54) is 0 Å². The zero-order chi connectivity index (χ0) is 19.7. The maximum absolute atomic E-state index is 12.0. The molecule has 1 rings (SSSR count). The van der Waals surface area contributed by atoms with Crippen molar-refractivity contribution in [3.05, 3.63) is 29.8 Å². The second-order valence-electron chi connectivity index (χ2n) is 5.65. The molecule has 1 atom stereocenters. The first-order valence-corrected chi connectivity index (χ1v) is 8.05. The van der Waals surface area contributed by atoms with Gasteiger partial charge in [-0.2, -0.15) is 0 Å². The van der Waals surface area contributed by atoms with Gasteiger partial charge in [-0.25, -0.2) is 4.79 Å². The lowest BCUT2D eigenvalue weighted by molar-refractivity contribution is -0.157. The van der Waals surface area contributed by atoms with Gasteiger partial charge in [0.05, 0.1) is 6.61 Å². The fourth-order valence-electron chi connectivity index (χ4n) is 1.99. The molecular weight excluding hydrogens is 342 g/mol. The van der Waals surface area contributed by atoms with Crippen LogP contribution in [-0.4, -0.2) is 43.1 Å². The van der Waals surface area contributed by atoms with E-state index in [0.29, 0.717) is 17.9 Å². The average Bonchev–Trinajstić information content (AvgIpc) is 2.57. The molecule has 0 unspecified atom stereocenters. The van der Waals surface area contributed by atoms with Gasteiger partial charge in [0.15, 0.2) is 6.10 Å². The third-order valence-electron chi connectivity index (χ3n) is 3.19. The van der Waals surface area contributed by atoms with Gasteiger partial charge in [0.2, 0.25) is 0 Å². The summed E-state index contributed by atoms with van der Waals surface area (Å²) in [6.45, 7) is 5.20. The molecule has 1 aromatic carbocycles. The van der Waals surface area contributed by atoms with Crippen molar-refractivity contribution in [1.82, 2.24) is 10.6 Å². The fourth-order valence-corrected chi connectivity index (χ4v) is 1.99. The number of urea groups is 1. The summed E-state index contributed by atoms with van der Waals surface area (Å²) < 4.78 is 10.3. The van der Waals surface area contributed by atoms with Crippen molar-refractivity contribution >= 4 is 23.8 Å². The van der Waals surface area contributed by atoms with Gasteiger partial charge in [-0.05, 0) is 37.1 Å². The van der Waals surface area contributed by atoms with Crippen LogP contribution in [0.4, 0.5) is 4.79 Å². The molecule has 0 saturated heterocycles. The average molecular weight is 365 g/mol. The van der Waals surface area contributed by atoms with Crippen molar-refractivity contribution in [1.29, 1.82) is 0 Å². The van der Waals surface area contributed by atoms with Crippen molar-refractivity contribution in [3.8, 4) is 5.75 Å². The number of ether oxygens (including phenoxy) is 2. The number of amides is 4. The topological polar surface area (TPSA) is 137 Å². The van der Waals surface area contributed by atoms with E-state index in [1.54, 1.807) is 38.1 Å². The Labute approximate surface area is 151 Å². The summed E-state index contributed by atoms with van der Waals surface area (Å²) in [5.74, 6) is -1.88. The van der Waals surface area contributed by atoms with Crippen molar-refractivity contribution in [2.75, 3.05) is 13.2 Å². The number of carbonyl (C=O) groups excluding carboxylic acids is 4. The van der Waals surface area contributed by atoms with Crippen LogP contribution in [0, 0.1) is 5.92 Å². The molecule has 0 saturated carbocycles. The highest BCUT2D eigenvalue weighted by molar-refractivity contribution is 5.98. The maximum Gasteiger partial charge on any atom is 0.326 e. The van der Waals surface area contributed by atoms with Gasteiger partial charge in [0.25, 0.3) is 11.8 Å². The van der Waals surface area contributed by atoms with Crippen LogP contribution in [-0.2, 0) is 14.3 Å². The lowest BCUT2D eigenvalue weighted by Crippen LogP contribution is -2.46. The van der Waals surface area contributed by atoms with Crippen LogP contribution >= 0.6 is 0 Å². The van der Waals surface area contributed by atoms with E-state index in [4.69, 9.17) is 15.2 Å². The summed E-state index contributed by atoms with van der Waals surface area (Å²) in [5.41, 5.74) is 5.22. The number of hydrogen-bond donors (Lipinski definition) is 3. The quantitative estimate of drug-likeness (QED) is 0.576. The van der Waals surface area contributed by atoms with Crippen LogP contribution in [0.5, 0.6) is 5.75 Å². The van der Waals surface area contributed by atoms with Gasteiger partial charge < -0.3 is 20.5 Å². The first-order valence-electron chi connectivity index (χ1n) is 8.05. The minimum absolute atomic E-state index is 0.341. The molecule has 142 valence electrons. The molecule has 0 radical (unpaired) electrons. The molecule has 0 bridgehead atoms. The lowest BCUT2D eigenvalue weighted by Gasteiger charge is -2.19. The Bertz CT molecular complexity index is 657. The van der Waals surface area contributed by atoms with E-state index >= 15 is 0 Å². The molecule has 0 aromatic heterocycles. The number of hydrogen-bond acceptors (Lipinski definition) is 6. The Balaban J connectivity index is 2.57. The smallest absolute Gasteiger partial charge is 0.326 e. The highest BCUT2D eigenvalue weighted by Gasteiger charge is 2.27. The summed E-state index contributed by atoms with van der Waals surface area (Å²) in [5, 5.41) is 4.26. The van der Waals surface area contributed by atoms with Crippen LogP contribution in [0.2, 0.25) is 0 Å². The van der Waals surface area contributed by atoms with Gasteiger partial charge >= 0.3 is 12.0 Å². The molecular formula is C17H23N3O6. The number of carbonyl (C=O) groups is 4. The van der Waals surface area contributed by atoms with E-state index in [-0.39, 0.29) is 5.92 Å². The van der Waals surface area contributed by atoms with Gasteiger partial charge in [0, 0.05) is 5.56 Å². The summed E-state index contributed by atoms with van der Waals surface area (Å²) in [7, 11) is 0. The van der Waals surface area contributed by atoms with Crippen LogP contribution < -0.4 is 21.1 Å². The van der Waals surface area contributed by atoms with Crippen LogP contribution in [0.1, 0.15) is 31.1 Å². The Morgan fingerprint density at radius 1 is 1.12 bits per heavy atom. The summed E-state index contributed by atoms with van der Waals surface area (Å²) in [6.07, 6.45) is -1.20. The molecule has 1 aromatic rings. The molecule has 4 N–H and O–H groups in total. The first-order chi connectivity index (χ1) is 12.2. The van der Waals surface area contributed by atoms with E-state index in [2.05, 4.69) is 5.32 Å². The normalized spacial score (nSPS) is 11.4. The number of nitrogens with one attached hydrogen (secondary N) is 2. The van der Waals surface area contributed by atoms with Crippen molar-refractivity contribution in [2.24, 2.45) is 11.7 Å². The number of primary amides is 1. The first kappa shape index (κ1) is 20.9. The molecule has 26 heavy (non-hydrogen) atoms. The van der Waals surface area contributed by atoms with Gasteiger partial charge in [-0.3, -0.25) is 19.7 Å². The predicted molar refractivity (Wildman–Crippen MR) is 92.4 cm³/mol. The molecule has 0 spiro atoms. The molecule has 0 aliphatic heterocycles. The molecule has 4 amide bonds. The Morgan fingerprint density at radius 2 is 1.73 bits per heavy atom. The minimum atomic E-state index is -1.20. The largest absolute Gasteiger partial charge is 0.494 e. The standard InChI is InChI=1S/C17H23N3O6/c1-4-25-12-7-5-11(6-8-12)15(22)19-9-13(21)26-14(10(2)3)16(23)20-17(18)24/h5-8,10,14H,4,9H2,1-3H3,(H,19,22)(H3,18,20,23,24)/t14-/m0/s1. The Hall–Kier alpha value is -3.10. The summed E-state index contributed by atoms with van der Waals surface area (Å²) in [6, 6.07) is 5.35. The third-order valence-corrected chi connectivity index (χ3v) is 3.19. The summed E-state index contributed by atoms with van der Waals surface area (Å²) in [4.78, 5) is 46.4. The molecule has 0 aliphatic carbocycles. The Morgan fingerprint density at radius 3 is 2.23 bits per heavy atom. The van der Waals surface area contributed by atoms with E-state index < -0.39 is 36.5 Å². The van der Waals surface area contributed by atoms with E-state index in [9.17, 15) is 19.2 Å². The van der Waals surface area contributed by atoms with Crippen LogP contribution in [0.3, 0.4) is 0 Å². The second kappa shape index (κ2) is 10.0. The van der Waals surface area contributed by atoms with Crippen molar-refractivity contribution in [3.63, 3.8) is 0 Å². The maximum atomic E-state index is 12.0. The monoisotopic (exact) mass is 365 g/mol. The zero-order valence-corrected chi connectivity index (χ0v) is 14.9. The summed E-state index contributed by atoms with van der Waals surface area (Å²) >= 11 is 0. The molecule has 0 fully saturated rings. The lowest BCUT2D eigenvalue weighted by atomic mass is 10.1. The zero-order valence-electron chi connectivity index (χ0n) is 14.9. The number of rotatable bonds is 8. The molecule has 0 heterocycles. The van der Waals surface area contributed by atoms with Gasteiger partial charge in [-0.15, -0.1) is 0 Å². The van der Waals surface area contributed by atoms with E-state index in [1.807, 2.05) is 12.2 Å². The SMILES string of the molecule is CCOc1ccc(C(=O)NCC(=O)O[C@H](C(=O)NC(N)=O)C(C)C)cc1. The number of nitrogens with two attached hydrogens (primary N) is 1. The third kappa shape index (κ3) is 6.80.